The molecule has 32 heavy (non-hydrogen) atoms. The minimum atomic E-state index is -0.993. The maximum atomic E-state index is 14.2. The molecule has 0 unspecified atom stereocenters. The minimum Gasteiger partial charge on any atom is -0.333 e. The van der Waals surface area contributed by atoms with E-state index in [0.717, 1.165) is 29.3 Å². The Morgan fingerprint density at radius 3 is 2.75 bits per heavy atom. The van der Waals surface area contributed by atoms with Gasteiger partial charge < -0.3 is 15.1 Å². The monoisotopic (exact) mass is 436 g/mol. The molecule has 2 bridgehead atoms. The van der Waals surface area contributed by atoms with Crippen molar-refractivity contribution in [3.8, 4) is 0 Å². The molecule has 164 valence electrons. The Kier molecular flexibility index (Phi) is 4.31. The van der Waals surface area contributed by atoms with Crippen LogP contribution in [0, 0.1) is 17.6 Å². The molecule has 4 aliphatic rings. The highest BCUT2D eigenvalue weighted by molar-refractivity contribution is 5.95. The number of likely N-dealkylation sites (tertiary alicyclic amines) is 1. The van der Waals surface area contributed by atoms with E-state index in [9.17, 15) is 18.4 Å². The summed E-state index contributed by atoms with van der Waals surface area (Å²) in [7, 11) is 0. The van der Waals surface area contributed by atoms with Crippen molar-refractivity contribution in [2.75, 3.05) is 18.4 Å². The molecule has 1 saturated carbocycles. The van der Waals surface area contributed by atoms with Gasteiger partial charge in [0.15, 0.2) is 11.6 Å². The molecule has 2 aliphatic carbocycles. The summed E-state index contributed by atoms with van der Waals surface area (Å²) >= 11 is 0. The number of nitrogens with zero attached hydrogens (tertiary/aromatic N) is 3. The minimum absolute atomic E-state index is 0.0459. The van der Waals surface area contributed by atoms with E-state index in [1.165, 1.54) is 23.8 Å². The summed E-state index contributed by atoms with van der Waals surface area (Å²) in [4.78, 5) is 33.2. The first-order valence-corrected chi connectivity index (χ1v) is 11.0. The number of nitrogens with one attached hydrogen (secondary N) is 1. The van der Waals surface area contributed by atoms with Crippen LogP contribution in [0.5, 0.6) is 0 Å². The normalized spacial score (nSPS) is 23.8. The lowest BCUT2D eigenvalue weighted by atomic mass is 10.0. The first kappa shape index (κ1) is 19.4. The number of rotatable bonds is 4. The second-order valence-electron chi connectivity index (χ2n) is 9.10. The van der Waals surface area contributed by atoms with Gasteiger partial charge in [-0.2, -0.15) is 0 Å². The van der Waals surface area contributed by atoms with Crippen LogP contribution >= 0.6 is 0 Å². The average Bonchev–Trinajstić information content (AvgIpc) is 3.45. The molecule has 2 aliphatic heterocycles. The maximum absolute atomic E-state index is 14.2. The molecule has 1 saturated heterocycles. The number of anilines is 1. The van der Waals surface area contributed by atoms with E-state index in [0.29, 0.717) is 12.5 Å². The van der Waals surface area contributed by atoms with Gasteiger partial charge in [0.25, 0.3) is 0 Å². The standard InChI is InChI=1S/C24H22F2N4O2/c25-18-4-6-20-17(23(18)26)11-29(24(32)28-20)12-22(31)30-10-13-7-16(21(30)8-13)15-3-5-19(27-9-15)14-1-2-14/h3-7,9,13-14,21H,1-2,8,10-12H2,(H,28,32)/t13-,21-/m0/s1. The number of urea groups is 1. The highest BCUT2D eigenvalue weighted by atomic mass is 19.2. The number of benzene rings is 1. The molecule has 1 N–H and O–H groups in total. The van der Waals surface area contributed by atoms with Crippen LogP contribution in [0.2, 0.25) is 0 Å². The molecule has 8 heteroatoms. The van der Waals surface area contributed by atoms with Crippen molar-refractivity contribution in [1.29, 1.82) is 0 Å². The topological polar surface area (TPSA) is 65.5 Å². The van der Waals surface area contributed by atoms with Crippen LogP contribution in [-0.4, -0.2) is 45.9 Å². The van der Waals surface area contributed by atoms with E-state index < -0.39 is 17.7 Å². The van der Waals surface area contributed by atoms with Crippen LogP contribution in [0.15, 0.2) is 36.5 Å². The van der Waals surface area contributed by atoms with Crippen LogP contribution in [0.3, 0.4) is 0 Å². The summed E-state index contributed by atoms with van der Waals surface area (Å²) in [6.07, 6.45) is 7.39. The third kappa shape index (κ3) is 3.16. The SMILES string of the molecule is O=C1Nc2ccc(F)c(F)c2CN1CC(=O)N1C[C@H]2C=C(c3ccc(C4CC4)nc3)[C@@H]1C2. The molecule has 3 amide bonds. The van der Waals surface area contributed by atoms with E-state index >= 15 is 0 Å². The number of fused-ring (bicyclic) bond motifs is 3. The largest absolute Gasteiger partial charge is 0.333 e. The smallest absolute Gasteiger partial charge is 0.322 e. The summed E-state index contributed by atoms with van der Waals surface area (Å²) in [5.74, 6) is -1.28. The second-order valence-corrected chi connectivity index (χ2v) is 9.10. The van der Waals surface area contributed by atoms with E-state index in [4.69, 9.17) is 0 Å². The molecule has 6 nitrogen and oxygen atoms in total. The molecule has 2 aromatic rings. The molecule has 0 radical (unpaired) electrons. The number of pyridine rings is 1. The number of halogens is 2. The molecule has 6 rings (SSSR count). The van der Waals surface area contributed by atoms with Crippen LogP contribution in [0.25, 0.3) is 5.57 Å². The lowest BCUT2D eigenvalue weighted by Gasteiger charge is -2.33. The molecular weight excluding hydrogens is 414 g/mol. The molecule has 2 fully saturated rings. The molecular formula is C24H22F2N4O2. The van der Waals surface area contributed by atoms with Gasteiger partial charge in [-0.05, 0) is 54.5 Å². The first-order valence-electron chi connectivity index (χ1n) is 11.0. The average molecular weight is 436 g/mol. The van der Waals surface area contributed by atoms with Gasteiger partial charge in [0.1, 0.15) is 6.54 Å². The fourth-order valence-electron chi connectivity index (χ4n) is 5.11. The molecule has 0 spiro atoms. The Bertz CT molecular complexity index is 1160. The summed E-state index contributed by atoms with van der Waals surface area (Å²) in [5.41, 5.74) is 3.56. The van der Waals surface area contributed by atoms with Gasteiger partial charge in [-0.15, -0.1) is 0 Å². The van der Waals surface area contributed by atoms with Crippen molar-refractivity contribution in [1.82, 2.24) is 14.8 Å². The highest BCUT2D eigenvalue weighted by Crippen LogP contribution is 2.43. The third-order valence-corrected chi connectivity index (χ3v) is 6.94. The number of hydrogen-bond acceptors (Lipinski definition) is 3. The maximum Gasteiger partial charge on any atom is 0.322 e. The van der Waals surface area contributed by atoms with E-state index in [1.807, 2.05) is 6.20 Å². The Hall–Kier alpha value is -3.29. The summed E-state index contributed by atoms with van der Waals surface area (Å²) in [6.45, 7) is 0.278. The van der Waals surface area contributed by atoms with Crippen molar-refractivity contribution in [3.05, 3.63) is 65.0 Å². The lowest BCUT2D eigenvalue weighted by Crippen LogP contribution is -2.48. The van der Waals surface area contributed by atoms with E-state index in [-0.39, 0.29) is 42.2 Å². The number of aromatic nitrogens is 1. The fourth-order valence-corrected chi connectivity index (χ4v) is 5.11. The Labute approximate surface area is 183 Å². The first-order chi connectivity index (χ1) is 15.5. The van der Waals surface area contributed by atoms with Crippen molar-refractivity contribution in [2.45, 2.75) is 37.8 Å². The van der Waals surface area contributed by atoms with Gasteiger partial charge in [0.2, 0.25) is 5.91 Å². The zero-order valence-electron chi connectivity index (χ0n) is 17.4. The fraction of sp³-hybridized carbons (Fsp3) is 0.375. The Balaban J connectivity index is 1.17. The zero-order valence-corrected chi connectivity index (χ0v) is 17.4. The highest BCUT2D eigenvalue weighted by Gasteiger charge is 2.43. The summed E-state index contributed by atoms with van der Waals surface area (Å²) in [6, 6.07) is 5.95. The van der Waals surface area contributed by atoms with Gasteiger partial charge in [0, 0.05) is 29.9 Å². The number of carbonyl (C=O) groups is 2. The van der Waals surface area contributed by atoms with Crippen molar-refractivity contribution >= 4 is 23.2 Å². The summed E-state index contributed by atoms with van der Waals surface area (Å²) < 4.78 is 27.8. The predicted molar refractivity (Wildman–Crippen MR) is 114 cm³/mol. The molecule has 2 atom stereocenters. The summed E-state index contributed by atoms with van der Waals surface area (Å²) in [5, 5.41) is 2.55. The Morgan fingerprint density at radius 1 is 1.19 bits per heavy atom. The van der Waals surface area contributed by atoms with Gasteiger partial charge in [-0.3, -0.25) is 9.78 Å². The quantitative estimate of drug-likeness (QED) is 0.791. The molecule has 1 aromatic heterocycles. The van der Waals surface area contributed by atoms with Crippen LogP contribution in [0.4, 0.5) is 19.3 Å². The van der Waals surface area contributed by atoms with Crippen LogP contribution < -0.4 is 5.32 Å². The van der Waals surface area contributed by atoms with Gasteiger partial charge in [-0.25, -0.2) is 13.6 Å². The molecule has 3 heterocycles. The third-order valence-electron chi connectivity index (χ3n) is 6.94. The van der Waals surface area contributed by atoms with Crippen molar-refractivity contribution < 1.29 is 18.4 Å². The van der Waals surface area contributed by atoms with Gasteiger partial charge in [-0.1, -0.05) is 12.1 Å². The van der Waals surface area contributed by atoms with Crippen LogP contribution in [0.1, 0.15) is 42.0 Å². The number of amides is 3. The lowest BCUT2D eigenvalue weighted by molar-refractivity contribution is -0.132. The zero-order chi connectivity index (χ0) is 22.0. The van der Waals surface area contributed by atoms with Crippen LogP contribution in [-0.2, 0) is 11.3 Å². The molecule has 1 aromatic carbocycles. The van der Waals surface area contributed by atoms with E-state index in [2.05, 4.69) is 28.5 Å². The second kappa shape index (κ2) is 7.12. The number of hydrogen-bond donors (Lipinski definition) is 1. The Morgan fingerprint density at radius 2 is 2.03 bits per heavy atom. The van der Waals surface area contributed by atoms with E-state index in [1.54, 1.807) is 4.90 Å². The van der Waals surface area contributed by atoms with Crippen molar-refractivity contribution in [3.63, 3.8) is 0 Å². The van der Waals surface area contributed by atoms with Gasteiger partial charge in [0.05, 0.1) is 18.3 Å². The van der Waals surface area contributed by atoms with Gasteiger partial charge >= 0.3 is 6.03 Å². The number of carbonyl (C=O) groups excluding carboxylic acids is 2. The van der Waals surface area contributed by atoms with Crippen molar-refractivity contribution in [2.24, 2.45) is 5.92 Å². The predicted octanol–water partition coefficient (Wildman–Crippen LogP) is 3.90.